The molecule has 0 radical (unpaired) electrons. The molecule has 3 rings (SSSR count). The zero-order valence-electron chi connectivity index (χ0n) is 22.2. The predicted octanol–water partition coefficient (Wildman–Crippen LogP) is 6.08. The number of phenols is 1. The molecule has 1 N–H and O–H groups in total. The molecule has 6 nitrogen and oxygen atoms in total. The summed E-state index contributed by atoms with van der Waals surface area (Å²) in [6.07, 6.45) is 2.04. The fourth-order valence-corrected chi connectivity index (χ4v) is 5.88. The third-order valence-corrected chi connectivity index (χ3v) is 8.81. The van der Waals surface area contributed by atoms with Gasteiger partial charge in [-0.15, -0.1) is 0 Å². The van der Waals surface area contributed by atoms with E-state index in [4.69, 9.17) is 4.74 Å². The number of fused-ring (bicyclic) bond motifs is 1. The van der Waals surface area contributed by atoms with Crippen molar-refractivity contribution in [1.82, 2.24) is 4.90 Å². The summed E-state index contributed by atoms with van der Waals surface area (Å²) in [5.41, 5.74) is 3.05. The van der Waals surface area contributed by atoms with E-state index in [0.29, 0.717) is 16.4 Å². The molecule has 1 aliphatic heterocycles. The highest BCUT2D eigenvalue weighted by Gasteiger charge is 2.32. The van der Waals surface area contributed by atoms with Gasteiger partial charge in [0.15, 0.2) is 11.5 Å². The smallest absolute Gasteiger partial charge is 0.253 e. The number of carbonyl (C=O) groups excluding carboxylic acids is 1. The summed E-state index contributed by atoms with van der Waals surface area (Å²) in [6, 6.07) is 11.5. The molecule has 2 aromatic carbocycles. The fraction of sp³-hybridized carbons (Fsp3) is 0.536. The van der Waals surface area contributed by atoms with Gasteiger partial charge in [-0.2, -0.15) is 4.36 Å². The van der Waals surface area contributed by atoms with Crippen LogP contribution in [0.25, 0.3) is 0 Å². The van der Waals surface area contributed by atoms with Gasteiger partial charge in [0.05, 0.1) is 9.73 Å². The van der Waals surface area contributed by atoms with Crippen LogP contribution in [0.5, 0.6) is 11.5 Å². The van der Waals surface area contributed by atoms with E-state index in [1.807, 2.05) is 58.0 Å². The van der Waals surface area contributed by atoms with Crippen molar-refractivity contribution in [2.24, 2.45) is 4.36 Å². The summed E-state index contributed by atoms with van der Waals surface area (Å²) in [4.78, 5) is 15.0. The average molecular weight is 501 g/mol. The van der Waals surface area contributed by atoms with Gasteiger partial charge >= 0.3 is 0 Å². The Kier molecular flexibility index (Phi) is 8.02. The monoisotopic (exact) mass is 500 g/mol. The molecule has 0 fully saturated rings. The van der Waals surface area contributed by atoms with Gasteiger partial charge in [-0.05, 0) is 88.4 Å². The van der Waals surface area contributed by atoms with Crippen molar-refractivity contribution >= 4 is 15.6 Å². The van der Waals surface area contributed by atoms with Gasteiger partial charge in [-0.1, -0.05) is 26.0 Å². The number of aromatic hydroxyl groups is 1. The molecule has 0 aromatic heterocycles. The van der Waals surface area contributed by atoms with Crippen molar-refractivity contribution in [3.63, 3.8) is 0 Å². The van der Waals surface area contributed by atoms with E-state index in [9.17, 15) is 14.1 Å². The van der Waals surface area contributed by atoms with Gasteiger partial charge in [0.1, 0.15) is 5.60 Å². The minimum Gasteiger partial charge on any atom is -0.504 e. The van der Waals surface area contributed by atoms with E-state index in [1.165, 1.54) is 5.56 Å². The van der Waals surface area contributed by atoms with Crippen LogP contribution in [0.3, 0.4) is 0 Å². The summed E-state index contributed by atoms with van der Waals surface area (Å²) in [7, 11) is -2.73. The van der Waals surface area contributed by atoms with E-state index in [1.54, 1.807) is 13.0 Å². The van der Waals surface area contributed by atoms with Crippen molar-refractivity contribution in [2.75, 3.05) is 5.75 Å². The number of phenolic OH excluding ortho intramolecular Hbond substituents is 1. The Morgan fingerprint density at radius 1 is 1.06 bits per heavy atom. The second kappa shape index (κ2) is 10.3. The van der Waals surface area contributed by atoms with Crippen molar-refractivity contribution in [2.45, 2.75) is 96.9 Å². The normalized spacial score (nSPS) is 16.0. The molecule has 0 saturated carbocycles. The van der Waals surface area contributed by atoms with Crippen LogP contribution < -0.4 is 4.74 Å². The number of benzene rings is 2. The highest BCUT2D eigenvalue weighted by molar-refractivity contribution is 7.93. The van der Waals surface area contributed by atoms with Gasteiger partial charge in [0.2, 0.25) is 0 Å². The molecule has 1 amide bonds. The molecule has 0 bridgehead atoms. The lowest BCUT2D eigenvalue weighted by atomic mass is 9.93. The van der Waals surface area contributed by atoms with Crippen LogP contribution in [0.1, 0.15) is 78.0 Å². The Morgan fingerprint density at radius 2 is 1.74 bits per heavy atom. The van der Waals surface area contributed by atoms with E-state index >= 15 is 0 Å². The minimum atomic E-state index is -2.73. The summed E-state index contributed by atoms with van der Waals surface area (Å²) in [6.45, 7) is 15.5. The first-order chi connectivity index (χ1) is 16.3. The predicted molar refractivity (Wildman–Crippen MR) is 141 cm³/mol. The van der Waals surface area contributed by atoms with Crippen LogP contribution in [0.4, 0.5) is 0 Å². The molecule has 35 heavy (non-hydrogen) atoms. The van der Waals surface area contributed by atoms with Gasteiger partial charge in [0, 0.05) is 35.7 Å². The molecule has 0 saturated heterocycles. The van der Waals surface area contributed by atoms with Gasteiger partial charge in [0.25, 0.3) is 5.91 Å². The summed E-state index contributed by atoms with van der Waals surface area (Å²) >= 11 is 0. The highest BCUT2D eigenvalue weighted by Crippen LogP contribution is 2.35. The van der Waals surface area contributed by atoms with E-state index in [2.05, 4.69) is 23.1 Å². The lowest BCUT2D eigenvalue weighted by molar-refractivity contribution is -0.117. The topological polar surface area (TPSA) is 79.2 Å². The van der Waals surface area contributed by atoms with Gasteiger partial charge < -0.3 is 9.84 Å². The maximum absolute atomic E-state index is 13.4. The van der Waals surface area contributed by atoms with Gasteiger partial charge in [-0.25, -0.2) is 4.21 Å². The van der Waals surface area contributed by atoms with E-state index in [-0.39, 0.29) is 29.2 Å². The van der Waals surface area contributed by atoms with E-state index in [0.717, 1.165) is 37.1 Å². The van der Waals surface area contributed by atoms with Gasteiger partial charge in [-0.3, -0.25) is 9.69 Å². The standard InChI is InChI=1S/C28H40N2O4S/c1-8-26(32)29-35(33,9-2)23-12-11-21-18-30(19-22(21)17-23)28(6,7)15-14-20-10-13-24(31)25(16-20)34-27(3,4)5/h10-13,16-17,31H,8-9,14-15,18-19H2,1-7H3. The molecule has 0 aliphatic carbocycles. The number of ether oxygens (including phenoxy) is 1. The minimum absolute atomic E-state index is 0.0726. The first-order valence-corrected chi connectivity index (χ1v) is 14.1. The molecule has 192 valence electrons. The molecule has 7 heteroatoms. The summed E-state index contributed by atoms with van der Waals surface area (Å²) < 4.78 is 23.3. The lowest BCUT2D eigenvalue weighted by Crippen LogP contribution is -2.40. The zero-order valence-corrected chi connectivity index (χ0v) is 23.0. The van der Waals surface area contributed by atoms with Crippen LogP contribution >= 0.6 is 0 Å². The van der Waals surface area contributed by atoms with Crippen LogP contribution in [-0.4, -0.2) is 37.0 Å². The maximum Gasteiger partial charge on any atom is 0.253 e. The maximum atomic E-state index is 13.4. The number of rotatable bonds is 8. The third-order valence-electron chi connectivity index (χ3n) is 6.53. The third kappa shape index (κ3) is 6.64. The SMILES string of the molecule is CCC(=O)N=S(=O)(CC)c1ccc2c(c1)CN(C(C)(C)CCc1ccc(O)c(OC(C)(C)C)c1)C2. The quantitative estimate of drug-likeness (QED) is 0.475. The lowest BCUT2D eigenvalue weighted by Gasteiger charge is -2.35. The molecule has 2 aromatic rings. The Balaban J connectivity index is 1.74. The molecule has 1 heterocycles. The van der Waals surface area contributed by atoms with Crippen molar-refractivity contribution in [1.29, 1.82) is 0 Å². The highest BCUT2D eigenvalue weighted by atomic mass is 32.2. The van der Waals surface area contributed by atoms with Crippen molar-refractivity contribution in [3.05, 3.63) is 53.1 Å². The van der Waals surface area contributed by atoms with Crippen LogP contribution in [-0.2, 0) is 34.0 Å². The summed E-state index contributed by atoms with van der Waals surface area (Å²) in [5, 5.41) is 10.2. The molecule has 1 aliphatic rings. The largest absolute Gasteiger partial charge is 0.504 e. The second-order valence-electron chi connectivity index (χ2n) is 10.9. The number of aryl methyl sites for hydroxylation is 1. The van der Waals surface area contributed by atoms with E-state index < -0.39 is 9.73 Å². The molecule has 1 atom stereocenters. The Bertz CT molecular complexity index is 1200. The van der Waals surface area contributed by atoms with Crippen LogP contribution in [0.2, 0.25) is 0 Å². The Labute approximate surface area is 210 Å². The first kappa shape index (κ1) is 27.2. The Morgan fingerprint density at radius 3 is 2.37 bits per heavy atom. The van der Waals surface area contributed by atoms with Crippen LogP contribution in [0, 0.1) is 0 Å². The summed E-state index contributed by atoms with van der Waals surface area (Å²) in [5.74, 6) is 0.677. The number of nitrogens with zero attached hydrogens (tertiary/aromatic N) is 2. The number of hydrogen-bond acceptors (Lipinski definition) is 5. The number of amides is 1. The molecular weight excluding hydrogens is 460 g/mol. The Hall–Kier alpha value is -2.38. The van der Waals surface area contributed by atoms with Crippen molar-refractivity contribution in [3.8, 4) is 11.5 Å². The number of hydrogen-bond donors (Lipinski definition) is 1. The first-order valence-electron chi connectivity index (χ1n) is 12.4. The fourth-order valence-electron chi connectivity index (χ4n) is 4.24. The molecule has 1 unspecified atom stereocenters. The molecular formula is C28H40N2O4S. The zero-order chi connectivity index (χ0) is 26.0. The second-order valence-corrected chi connectivity index (χ2v) is 13.4. The van der Waals surface area contributed by atoms with Crippen LogP contribution in [0.15, 0.2) is 45.7 Å². The molecule has 0 spiro atoms. The average Bonchev–Trinajstić information content (AvgIpc) is 3.23. The van der Waals surface area contributed by atoms with Crippen molar-refractivity contribution < 1.29 is 18.8 Å². The number of carbonyl (C=O) groups is 1.